The van der Waals surface area contributed by atoms with Gasteiger partial charge in [-0.2, -0.15) is 0 Å². The van der Waals surface area contributed by atoms with Gasteiger partial charge in [-0.1, -0.05) is 85.9 Å². The highest BCUT2D eigenvalue weighted by Crippen LogP contribution is 2.09. The molecule has 7 nitrogen and oxygen atoms in total. The van der Waals surface area contributed by atoms with Crippen molar-refractivity contribution >= 4 is 24.2 Å². The number of benzene rings is 1. The molecule has 0 aliphatic rings. The summed E-state index contributed by atoms with van der Waals surface area (Å²) >= 11 is 0. The molecule has 0 radical (unpaired) electrons. The maximum atomic E-state index is 10.7. The van der Waals surface area contributed by atoms with Gasteiger partial charge in [-0.15, -0.1) is 0 Å². The van der Waals surface area contributed by atoms with Crippen molar-refractivity contribution in [3.63, 3.8) is 0 Å². The van der Waals surface area contributed by atoms with Crippen molar-refractivity contribution < 1.29 is 14.4 Å². The first-order chi connectivity index (χ1) is 16.3. The molecule has 0 spiro atoms. The normalized spacial score (nSPS) is 8.85. The first-order valence-electron chi connectivity index (χ1n) is 12.3. The number of carbonyl (C=O) groups excluding carboxylic acids is 3. The maximum Gasteiger partial charge on any atom is 0.234 e. The first-order valence-corrected chi connectivity index (χ1v) is 12.3. The summed E-state index contributed by atoms with van der Waals surface area (Å²) in [4.78, 5) is 30.0. The fourth-order valence-corrected chi connectivity index (χ4v) is 1.99. The standard InChI is InChI=1S/C10H15N.C8H16N2O2.C3H8.C2H5N.C2H4O.C2H6/c1-3-4-9-5-7-10(11-2)8-6-9;1-2-3-4-7(6-11)10-8(12)5-9;1-3-2;2*1-2-3;1-2/h5-8,11H,3-4H2,1-2H3;6-7H,2-5,9H2,1H3,(H,10,12);3H2,1-2H3;2H,1,3H2;2H,1H3;1-2H3. The Morgan fingerprint density at radius 2 is 1.50 bits per heavy atom. The van der Waals surface area contributed by atoms with Crippen molar-refractivity contribution in [1.29, 1.82) is 0 Å². The number of amides is 1. The summed E-state index contributed by atoms with van der Waals surface area (Å²) in [6.45, 7) is 17.0. The smallest absolute Gasteiger partial charge is 0.234 e. The predicted molar refractivity (Wildman–Crippen MR) is 150 cm³/mol. The average molecular weight is 483 g/mol. The van der Waals surface area contributed by atoms with E-state index < -0.39 is 0 Å². The average Bonchev–Trinajstić information content (AvgIpc) is 2.85. The van der Waals surface area contributed by atoms with Crippen molar-refractivity contribution in [1.82, 2.24) is 5.32 Å². The number of unbranched alkanes of at least 4 members (excludes halogenated alkanes) is 1. The highest BCUT2D eigenvalue weighted by Gasteiger charge is 2.08. The Labute approximate surface area is 210 Å². The lowest BCUT2D eigenvalue weighted by Crippen LogP contribution is -2.39. The van der Waals surface area contributed by atoms with Crippen LogP contribution in [0.5, 0.6) is 0 Å². The van der Waals surface area contributed by atoms with Crippen LogP contribution in [-0.4, -0.2) is 38.1 Å². The van der Waals surface area contributed by atoms with E-state index in [-0.39, 0.29) is 18.5 Å². The molecule has 7 heteroatoms. The van der Waals surface area contributed by atoms with Crippen molar-refractivity contribution in [2.45, 2.75) is 93.0 Å². The lowest BCUT2D eigenvalue weighted by molar-refractivity contribution is -0.122. The van der Waals surface area contributed by atoms with E-state index in [9.17, 15) is 9.59 Å². The Bertz CT molecular complexity index is 529. The molecule has 34 heavy (non-hydrogen) atoms. The monoisotopic (exact) mass is 482 g/mol. The Hall–Kier alpha value is -2.67. The molecule has 1 unspecified atom stereocenters. The van der Waals surface area contributed by atoms with E-state index in [2.05, 4.69) is 68.0 Å². The largest absolute Gasteiger partial charge is 0.405 e. The lowest BCUT2D eigenvalue weighted by atomic mass is 10.1. The second-order valence-corrected chi connectivity index (χ2v) is 6.53. The van der Waals surface area contributed by atoms with Gasteiger partial charge in [0.25, 0.3) is 0 Å². The minimum absolute atomic E-state index is 0.0591. The Morgan fingerprint density at radius 3 is 1.79 bits per heavy atom. The summed E-state index contributed by atoms with van der Waals surface area (Å²) < 4.78 is 0. The Balaban J connectivity index is -0.000000116. The van der Waals surface area contributed by atoms with Gasteiger partial charge >= 0.3 is 0 Å². The number of rotatable bonds is 9. The van der Waals surface area contributed by atoms with Crippen LogP contribution < -0.4 is 22.1 Å². The second kappa shape index (κ2) is 40.7. The zero-order chi connectivity index (χ0) is 27.6. The fraction of sp³-hybridized carbons (Fsp3) is 0.593. The fourth-order valence-electron chi connectivity index (χ4n) is 1.99. The van der Waals surface area contributed by atoms with Gasteiger partial charge in [-0.3, -0.25) is 4.79 Å². The van der Waals surface area contributed by atoms with Crippen LogP contribution in [0.3, 0.4) is 0 Å². The molecule has 1 amide bonds. The van der Waals surface area contributed by atoms with Gasteiger partial charge in [-0.25, -0.2) is 0 Å². The molecule has 0 aromatic heterocycles. The van der Waals surface area contributed by atoms with E-state index in [0.29, 0.717) is 6.42 Å². The third-order valence-electron chi connectivity index (χ3n) is 3.35. The molecule has 0 aliphatic heterocycles. The minimum atomic E-state index is -0.360. The maximum absolute atomic E-state index is 10.7. The molecular weight excluding hydrogens is 428 g/mol. The summed E-state index contributed by atoms with van der Waals surface area (Å²) in [5, 5.41) is 5.62. The van der Waals surface area contributed by atoms with Crippen LogP contribution in [0.25, 0.3) is 0 Å². The van der Waals surface area contributed by atoms with E-state index in [1.54, 1.807) is 0 Å². The summed E-state index contributed by atoms with van der Waals surface area (Å²) in [7, 11) is 1.94. The van der Waals surface area contributed by atoms with Crippen LogP contribution in [0.1, 0.15) is 86.1 Å². The lowest BCUT2D eigenvalue weighted by Gasteiger charge is -2.10. The first kappa shape index (κ1) is 41.6. The number of hydrogen-bond donors (Lipinski definition) is 4. The topological polar surface area (TPSA) is 127 Å². The highest BCUT2D eigenvalue weighted by molar-refractivity contribution is 5.81. The van der Waals surface area contributed by atoms with Gasteiger partial charge in [0.2, 0.25) is 5.91 Å². The molecule has 1 rings (SSSR count). The molecule has 0 saturated heterocycles. The quantitative estimate of drug-likeness (QED) is 0.357. The van der Waals surface area contributed by atoms with Crippen LogP contribution in [0, 0.1) is 0 Å². The van der Waals surface area contributed by atoms with Crippen LogP contribution in [-0.2, 0) is 20.8 Å². The van der Waals surface area contributed by atoms with Crippen molar-refractivity contribution in [3.8, 4) is 0 Å². The predicted octanol–water partition coefficient (Wildman–Crippen LogP) is 5.24. The third kappa shape index (κ3) is 39.8. The van der Waals surface area contributed by atoms with E-state index >= 15 is 0 Å². The van der Waals surface area contributed by atoms with E-state index in [1.165, 1.54) is 43.6 Å². The Morgan fingerprint density at radius 1 is 1.06 bits per heavy atom. The molecule has 1 aromatic rings. The zero-order valence-corrected chi connectivity index (χ0v) is 23.2. The molecule has 0 heterocycles. The molecule has 0 bridgehead atoms. The van der Waals surface area contributed by atoms with E-state index in [0.717, 1.165) is 25.4 Å². The van der Waals surface area contributed by atoms with Crippen LogP contribution in [0.4, 0.5) is 5.69 Å². The molecule has 200 valence electrons. The zero-order valence-electron chi connectivity index (χ0n) is 23.2. The van der Waals surface area contributed by atoms with E-state index in [1.807, 2.05) is 27.8 Å². The SMILES string of the molecule is C=CN.CC.CC=O.CCC.CCCCC(C=O)NC(=O)CN.CCCc1ccc(NC)cc1. The summed E-state index contributed by atoms with van der Waals surface area (Å²) in [5.74, 6) is -0.275. The minimum Gasteiger partial charge on any atom is -0.405 e. The second-order valence-electron chi connectivity index (χ2n) is 6.53. The molecule has 0 saturated carbocycles. The number of hydrogen-bond acceptors (Lipinski definition) is 6. The number of aryl methyl sites for hydroxylation is 1. The van der Waals surface area contributed by atoms with E-state index in [4.69, 9.17) is 10.5 Å². The molecule has 0 fully saturated rings. The third-order valence-corrected chi connectivity index (χ3v) is 3.35. The van der Waals surface area contributed by atoms with Crippen LogP contribution in [0.2, 0.25) is 0 Å². The molecule has 6 N–H and O–H groups in total. The summed E-state index contributed by atoms with van der Waals surface area (Å²) in [6, 6.07) is 8.22. The van der Waals surface area contributed by atoms with Crippen LogP contribution >= 0.6 is 0 Å². The van der Waals surface area contributed by atoms with Gasteiger partial charge in [0.1, 0.15) is 12.6 Å². The number of nitrogens with one attached hydrogen (secondary N) is 2. The number of nitrogens with two attached hydrogens (primary N) is 2. The highest BCUT2D eigenvalue weighted by atomic mass is 16.2. The van der Waals surface area contributed by atoms with Gasteiger partial charge in [0.05, 0.1) is 12.6 Å². The summed E-state index contributed by atoms with van der Waals surface area (Å²) in [6.07, 6.45) is 9.06. The molecule has 0 aliphatic carbocycles. The number of aldehydes is 2. The molecule has 1 atom stereocenters. The molecule has 1 aromatic carbocycles. The van der Waals surface area contributed by atoms with Crippen molar-refractivity contribution in [2.75, 3.05) is 18.9 Å². The number of anilines is 1. The van der Waals surface area contributed by atoms with Gasteiger partial charge in [0, 0.05) is 12.7 Å². The van der Waals surface area contributed by atoms with Gasteiger partial charge in [-0.05, 0) is 43.7 Å². The van der Waals surface area contributed by atoms with Crippen LogP contribution in [0.15, 0.2) is 37.0 Å². The number of carbonyl (C=O) groups is 3. The van der Waals surface area contributed by atoms with Gasteiger partial charge in [0.15, 0.2) is 0 Å². The molecular formula is C27H54N4O3. The van der Waals surface area contributed by atoms with Crippen molar-refractivity contribution in [2.24, 2.45) is 11.5 Å². The Kier molecular flexibility index (Phi) is 49.7. The van der Waals surface area contributed by atoms with Gasteiger partial charge < -0.3 is 31.7 Å². The summed E-state index contributed by atoms with van der Waals surface area (Å²) in [5.41, 5.74) is 12.3. The van der Waals surface area contributed by atoms with Crippen molar-refractivity contribution in [3.05, 3.63) is 42.6 Å².